The Morgan fingerprint density at radius 1 is 0.453 bits per heavy atom. The second-order valence-corrected chi connectivity index (χ2v) is 14.5. The van der Waals surface area contributed by atoms with E-state index in [0.717, 1.165) is 5.69 Å². The van der Waals surface area contributed by atoms with E-state index in [4.69, 9.17) is 0 Å². The molecule has 0 unspecified atom stereocenters. The lowest BCUT2D eigenvalue weighted by Gasteiger charge is -2.53. The summed E-state index contributed by atoms with van der Waals surface area (Å²) in [6, 6.07) is 72.2. The van der Waals surface area contributed by atoms with E-state index < -0.39 is 5.41 Å². The molecule has 0 aliphatic carbocycles. The lowest BCUT2D eigenvalue weighted by Crippen LogP contribution is -2.63. The van der Waals surface area contributed by atoms with Crippen LogP contribution >= 0.6 is 0 Å². The summed E-state index contributed by atoms with van der Waals surface area (Å²) in [5, 5.41) is 0. The molecule has 0 atom stereocenters. The van der Waals surface area contributed by atoms with E-state index in [1.165, 1.54) is 83.7 Å². The molecule has 0 radical (unpaired) electrons. The summed E-state index contributed by atoms with van der Waals surface area (Å²) in [6.45, 7) is 2.19. The van der Waals surface area contributed by atoms with Crippen LogP contribution in [-0.2, 0) is 5.41 Å². The van der Waals surface area contributed by atoms with E-state index in [1.807, 2.05) is 0 Å². The highest BCUT2D eigenvalue weighted by Gasteiger charge is 2.53. The molecule has 3 aliphatic heterocycles. The minimum absolute atomic E-state index is 0.0403. The lowest BCUT2D eigenvalue weighted by atomic mass is 9.42. The molecule has 0 aromatic heterocycles. The van der Waals surface area contributed by atoms with Gasteiger partial charge in [-0.2, -0.15) is 0 Å². The highest BCUT2D eigenvalue weighted by atomic mass is 15.2. The number of rotatable bonds is 4. The number of hydrogen-bond acceptors (Lipinski definition) is 2. The molecule has 2 nitrogen and oxygen atoms in total. The monoisotopic (exact) mass is 674 g/mol. The molecule has 0 amide bonds. The van der Waals surface area contributed by atoms with Crippen molar-refractivity contribution >= 4 is 46.2 Å². The van der Waals surface area contributed by atoms with Gasteiger partial charge in [0.15, 0.2) is 0 Å². The highest BCUT2D eigenvalue weighted by molar-refractivity contribution is 6.93. The predicted molar refractivity (Wildman–Crippen MR) is 222 cm³/mol. The molecular formula is C50H35BN2. The van der Waals surface area contributed by atoms with Crippen molar-refractivity contribution in [3.8, 4) is 22.3 Å². The quantitative estimate of drug-likeness (QED) is 0.172. The first-order valence-electron chi connectivity index (χ1n) is 18.6. The molecule has 8 aromatic rings. The van der Waals surface area contributed by atoms with Crippen LogP contribution in [0.3, 0.4) is 0 Å². The summed E-state index contributed by atoms with van der Waals surface area (Å²) < 4.78 is 0. The zero-order valence-corrected chi connectivity index (χ0v) is 29.4. The molecule has 3 heteroatoms. The first kappa shape index (κ1) is 30.1. The van der Waals surface area contributed by atoms with E-state index in [9.17, 15) is 0 Å². The third-order valence-electron chi connectivity index (χ3n) is 11.8. The number of para-hydroxylation sites is 4. The van der Waals surface area contributed by atoms with Gasteiger partial charge in [-0.05, 0) is 98.8 Å². The molecule has 0 saturated carbocycles. The van der Waals surface area contributed by atoms with Crippen molar-refractivity contribution in [2.24, 2.45) is 0 Å². The molecule has 0 N–H and O–H groups in total. The van der Waals surface area contributed by atoms with Gasteiger partial charge in [0.25, 0.3) is 0 Å². The van der Waals surface area contributed by atoms with Crippen molar-refractivity contribution in [1.29, 1.82) is 0 Å². The maximum atomic E-state index is 2.69. The zero-order valence-electron chi connectivity index (χ0n) is 29.4. The third-order valence-corrected chi connectivity index (χ3v) is 11.8. The Morgan fingerprint density at radius 3 is 1.77 bits per heavy atom. The van der Waals surface area contributed by atoms with Crippen LogP contribution in [0.15, 0.2) is 194 Å². The number of aryl methyl sites for hydroxylation is 1. The Kier molecular flexibility index (Phi) is 6.51. The fourth-order valence-corrected chi connectivity index (χ4v) is 9.74. The van der Waals surface area contributed by atoms with Crippen LogP contribution in [0, 0.1) is 6.92 Å². The molecule has 8 aromatic carbocycles. The Hall–Kier alpha value is -6.58. The van der Waals surface area contributed by atoms with E-state index >= 15 is 0 Å². The van der Waals surface area contributed by atoms with Crippen molar-refractivity contribution in [2.75, 3.05) is 9.71 Å². The van der Waals surface area contributed by atoms with Crippen LogP contribution < -0.4 is 20.6 Å². The number of anilines is 5. The van der Waals surface area contributed by atoms with Crippen LogP contribution in [0.25, 0.3) is 22.3 Å². The van der Waals surface area contributed by atoms with Crippen LogP contribution in [0.2, 0.25) is 0 Å². The summed E-state index contributed by atoms with van der Waals surface area (Å²) in [5.74, 6) is 0. The predicted octanol–water partition coefficient (Wildman–Crippen LogP) is 11.1. The number of nitrogens with zero attached hydrogens (tertiary/aromatic N) is 2. The van der Waals surface area contributed by atoms with Crippen molar-refractivity contribution in [3.63, 3.8) is 0 Å². The Morgan fingerprint density at radius 2 is 1.04 bits per heavy atom. The van der Waals surface area contributed by atoms with Crippen LogP contribution in [-0.4, -0.2) is 6.85 Å². The van der Waals surface area contributed by atoms with Crippen LogP contribution in [0.5, 0.6) is 0 Å². The molecule has 248 valence electrons. The van der Waals surface area contributed by atoms with E-state index in [1.54, 1.807) is 0 Å². The molecule has 0 saturated heterocycles. The fourth-order valence-electron chi connectivity index (χ4n) is 9.74. The largest absolute Gasteiger partial charge is 0.376 e. The summed E-state index contributed by atoms with van der Waals surface area (Å²) in [5.41, 5.74) is 19.7. The fraction of sp³-hybridized carbons (Fsp3) is 0.0400. The molecule has 0 fully saturated rings. The average molecular weight is 675 g/mol. The molecule has 0 bridgehead atoms. The van der Waals surface area contributed by atoms with Crippen molar-refractivity contribution in [1.82, 2.24) is 0 Å². The van der Waals surface area contributed by atoms with Gasteiger partial charge in [-0.3, -0.25) is 0 Å². The molecule has 3 heterocycles. The Balaban J connectivity index is 1.32. The normalized spacial score (nSPS) is 14.2. The van der Waals surface area contributed by atoms with Crippen molar-refractivity contribution < 1.29 is 0 Å². The molecular weight excluding hydrogens is 639 g/mol. The van der Waals surface area contributed by atoms with Gasteiger partial charge in [-0.25, -0.2) is 0 Å². The maximum Gasteiger partial charge on any atom is 0.333 e. The SMILES string of the molecule is Cc1ccccc1-c1cc2c3c(c1)N(c1ccccc1)c1ccccc1B3N1c3ccccc3C(c3ccccc3)(c3ccccc3)c3cccc-2c31. The molecule has 11 rings (SSSR count). The van der Waals surface area contributed by atoms with Gasteiger partial charge in [0.05, 0.1) is 5.41 Å². The topological polar surface area (TPSA) is 6.48 Å². The lowest BCUT2D eigenvalue weighted by molar-refractivity contribution is 0.734. The van der Waals surface area contributed by atoms with Gasteiger partial charge in [0.2, 0.25) is 0 Å². The van der Waals surface area contributed by atoms with E-state index in [0.29, 0.717) is 0 Å². The van der Waals surface area contributed by atoms with Gasteiger partial charge in [0, 0.05) is 34.0 Å². The summed E-state index contributed by atoms with van der Waals surface area (Å²) >= 11 is 0. The van der Waals surface area contributed by atoms with Gasteiger partial charge in [-0.15, -0.1) is 0 Å². The van der Waals surface area contributed by atoms with Gasteiger partial charge in [0.1, 0.15) is 0 Å². The second kappa shape index (κ2) is 11.5. The smallest absolute Gasteiger partial charge is 0.333 e. The third kappa shape index (κ3) is 4.11. The molecule has 0 spiro atoms. The molecule has 3 aliphatic rings. The number of fused-ring (bicyclic) bond motifs is 6. The first-order valence-corrected chi connectivity index (χ1v) is 18.6. The second-order valence-electron chi connectivity index (χ2n) is 14.5. The standard InChI is InChI=1S/C50H35BN2/c1-34-18-11-12-25-39(34)35-32-41-40-26-17-28-43-49(40)53(51-44-29-14-16-31-46(44)52(47(33-35)48(41)51)38-23-9-4-10-24-38)45-30-15-13-27-42(45)50(43,36-19-5-2-6-20-36)37-21-7-3-8-22-37/h2-33H,1H3. The minimum atomic E-state index is -0.529. The Labute approximate surface area is 311 Å². The zero-order chi connectivity index (χ0) is 35.1. The van der Waals surface area contributed by atoms with Crippen LogP contribution in [0.4, 0.5) is 28.4 Å². The maximum absolute atomic E-state index is 2.69. The summed E-state index contributed by atoms with van der Waals surface area (Å²) in [7, 11) is 0. The van der Waals surface area contributed by atoms with Crippen LogP contribution in [0.1, 0.15) is 27.8 Å². The van der Waals surface area contributed by atoms with Crippen molar-refractivity contribution in [2.45, 2.75) is 12.3 Å². The molecule has 53 heavy (non-hydrogen) atoms. The Bertz CT molecular complexity index is 2660. The van der Waals surface area contributed by atoms with E-state index in [2.05, 4.69) is 211 Å². The highest BCUT2D eigenvalue weighted by Crippen LogP contribution is 2.60. The van der Waals surface area contributed by atoms with Crippen molar-refractivity contribution in [3.05, 3.63) is 222 Å². The van der Waals surface area contributed by atoms with Gasteiger partial charge < -0.3 is 9.71 Å². The van der Waals surface area contributed by atoms with Gasteiger partial charge in [-0.1, -0.05) is 158 Å². The van der Waals surface area contributed by atoms with Gasteiger partial charge >= 0.3 is 6.85 Å². The first-order chi connectivity index (χ1) is 26.2. The van der Waals surface area contributed by atoms with E-state index in [-0.39, 0.29) is 6.85 Å². The number of benzene rings is 8. The average Bonchev–Trinajstić information content (AvgIpc) is 3.23. The number of hydrogen-bond donors (Lipinski definition) is 0. The summed E-state index contributed by atoms with van der Waals surface area (Å²) in [6.07, 6.45) is 0. The summed E-state index contributed by atoms with van der Waals surface area (Å²) in [4.78, 5) is 5.18. The minimum Gasteiger partial charge on any atom is -0.376 e.